The van der Waals surface area contributed by atoms with Crippen molar-refractivity contribution in [3.8, 4) is 0 Å². The van der Waals surface area contributed by atoms with Gasteiger partial charge >= 0.3 is 0 Å². The summed E-state index contributed by atoms with van der Waals surface area (Å²) in [4.78, 5) is 11.4. The summed E-state index contributed by atoms with van der Waals surface area (Å²) in [6.45, 7) is 0. The lowest BCUT2D eigenvalue weighted by atomic mass is 9.80. The van der Waals surface area contributed by atoms with Crippen molar-refractivity contribution >= 4 is 5.91 Å². The second-order valence-electron chi connectivity index (χ2n) is 4.37. The first kappa shape index (κ1) is 9.83. The molecule has 0 aliphatic heterocycles. The summed E-state index contributed by atoms with van der Waals surface area (Å²) >= 11 is 0. The van der Waals surface area contributed by atoms with Crippen molar-refractivity contribution in [2.45, 2.75) is 43.7 Å². The predicted molar refractivity (Wildman–Crippen MR) is 46.8 cm³/mol. The van der Waals surface area contributed by atoms with Crippen LogP contribution in [-0.2, 0) is 4.79 Å². The highest BCUT2D eigenvalue weighted by atomic mass is 19.3. The summed E-state index contributed by atoms with van der Waals surface area (Å²) in [5.41, 5.74) is 4.32. The van der Waals surface area contributed by atoms with Crippen LogP contribution < -0.4 is 11.1 Å². The standard InChI is InChI=1S/C9H14F2N2O/c10-8(11)9(1-2-9)13-7(14)5-3-6(12)4-5/h5-6,8H,1-4,12H2,(H,13,14). The fourth-order valence-corrected chi connectivity index (χ4v) is 1.76. The molecule has 0 aromatic carbocycles. The first-order chi connectivity index (χ1) is 6.53. The highest BCUT2D eigenvalue weighted by Crippen LogP contribution is 2.41. The lowest BCUT2D eigenvalue weighted by Gasteiger charge is -2.32. The van der Waals surface area contributed by atoms with Gasteiger partial charge in [0.15, 0.2) is 0 Å². The summed E-state index contributed by atoms with van der Waals surface area (Å²) < 4.78 is 24.9. The van der Waals surface area contributed by atoms with Gasteiger partial charge in [-0.15, -0.1) is 0 Å². The molecular weight excluding hydrogens is 190 g/mol. The zero-order chi connectivity index (χ0) is 10.3. The largest absolute Gasteiger partial charge is 0.345 e. The van der Waals surface area contributed by atoms with E-state index in [9.17, 15) is 13.6 Å². The summed E-state index contributed by atoms with van der Waals surface area (Å²) in [6.07, 6.45) is -0.388. The van der Waals surface area contributed by atoms with Crippen LogP contribution in [0.15, 0.2) is 0 Å². The number of amides is 1. The van der Waals surface area contributed by atoms with E-state index < -0.39 is 12.0 Å². The van der Waals surface area contributed by atoms with Crippen LogP contribution in [0.5, 0.6) is 0 Å². The Balaban J connectivity index is 1.83. The molecule has 5 heteroatoms. The smallest absolute Gasteiger partial charge is 0.261 e. The van der Waals surface area contributed by atoms with Crippen molar-refractivity contribution in [1.29, 1.82) is 0 Å². The third-order valence-electron chi connectivity index (χ3n) is 3.12. The molecule has 80 valence electrons. The summed E-state index contributed by atoms with van der Waals surface area (Å²) in [7, 11) is 0. The van der Waals surface area contributed by atoms with Gasteiger partial charge in [-0.25, -0.2) is 8.78 Å². The molecule has 0 saturated heterocycles. The van der Waals surface area contributed by atoms with Gasteiger partial charge in [-0.3, -0.25) is 4.79 Å². The molecule has 2 aliphatic carbocycles. The molecule has 3 nitrogen and oxygen atoms in total. The van der Waals surface area contributed by atoms with E-state index in [0.29, 0.717) is 25.7 Å². The molecule has 0 unspecified atom stereocenters. The minimum Gasteiger partial charge on any atom is -0.345 e. The Morgan fingerprint density at radius 3 is 2.36 bits per heavy atom. The van der Waals surface area contributed by atoms with Gasteiger partial charge in [0.05, 0.1) is 0 Å². The van der Waals surface area contributed by atoms with E-state index in [1.165, 1.54) is 0 Å². The lowest BCUT2D eigenvalue weighted by molar-refractivity contribution is -0.130. The minimum absolute atomic E-state index is 0.0763. The summed E-state index contributed by atoms with van der Waals surface area (Å²) in [5, 5.41) is 2.44. The topological polar surface area (TPSA) is 55.1 Å². The number of carbonyl (C=O) groups excluding carboxylic acids is 1. The molecule has 2 aliphatic rings. The molecule has 1 amide bonds. The number of carbonyl (C=O) groups is 1. The molecule has 0 heterocycles. The maximum absolute atomic E-state index is 12.5. The zero-order valence-corrected chi connectivity index (χ0v) is 7.80. The molecule has 2 saturated carbocycles. The van der Waals surface area contributed by atoms with Crippen LogP contribution >= 0.6 is 0 Å². The SMILES string of the molecule is NC1CC(C(=O)NC2(C(F)F)CC2)C1. The molecule has 0 aromatic heterocycles. The van der Waals surface area contributed by atoms with Crippen molar-refractivity contribution in [3.63, 3.8) is 0 Å². The molecule has 14 heavy (non-hydrogen) atoms. The average Bonchev–Trinajstić information content (AvgIpc) is 2.79. The Labute approximate surface area is 81.0 Å². The van der Waals surface area contributed by atoms with Gasteiger partial charge in [0.2, 0.25) is 5.91 Å². The number of alkyl halides is 2. The Morgan fingerprint density at radius 1 is 1.43 bits per heavy atom. The Bertz CT molecular complexity index is 247. The number of hydrogen-bond acceptors (Lipinski definition) is 2. The molecule has 0 aromatic rings. The van der Waals surface area contributed by atoms with Gasteiger partial charge in [-0.05, 0) is 25.7 Å². The third-order valence-corrected chi connectivity index (χ3v) is 3.12. The first-order valence-corrected chi connectivity index (χ1v) is 4.89. The zero-order valence-electron chi connectivity index (χ0n) is 7.80. The lowest BCUT2D eigenvalue weighted by Crippen LogP contribution is -2.50. The van der Waals surface area contributed by atoms with Gasteiger partial charge in [0.1, 0.15) is 5.54 Å². The number of halogens is 2. The fraction of sp³-hybridized carbons (Fsp3) is 0.889. The number of nitrogens with two attached hydrogens (primary N) is 1. The quantitative estimate of drug-likeness (QED) is 0.708. The summed E-state index contributed by atoms with van der Waals surface area (Å²) in [5.74, 6) is -0.384. The van der Waals surface area contributed by atoms with E-state index in [1.807, 2.05) is 0 Å². The average molecular weight is 204 g/mol. The van der Waals surface area contributed by atoms with E-state index >= 15 is 0 Å². The number of rotatable bonds is 3. The number of hydrogen-bond donors (Lipinski definition) is 2. The van der Waals surface area contributed by atoms with E-state index in [4.69, 9.17) is 5.73 Å². The molecule has 0 spiro atoms. The van der Waals surface area contributed by atoms with Gasteiger partial charge < -0.3 is 11.1 Å². The predicted octanol–water partition coefficient (Wildman–Crippen LogP) is 0.638. The second kappa shape index (κ2) is 3.15. The van der Waals surface area contributed by atoms with E-state index in [2.05, 4.69) is 5.32 Å². The molecule has 2 fully saturated rings. The van der Waals surface area contributed by atoms with Gasteiger partial charge in [0, 0.05) is 12.0 Å². The maximum Gasteiger partial charge on any atom is 0.261 e. The Kier molecular flexibility index (Phi) is 2.21. The van der Waals surface area contributed by atoms with Crippen LogP contribution in [0.1, 0.15) is 25.7 Å². The van der Waals surface area contributed by atoms with Gasteiger partial charge in [-0.2, -0.15) is 0 Å². The highest BCUT2D eigenvalue weighted by Gasteiger charge is 2.53. The van der Waals surface area contributed by atoms with E-state index in [1.54, 1.807) is 0 Å². The fourth-order valence-electron chi connectivity index (χ4n) is 1.76. The van der Waals surface area contributed by atoms with Gasteiger partial charge in [0.25, 0.3) is 6.43 Å². The van der Waals surface area contributed by atoms with Crippen molar-refractivity contribution in [2.24, 2.45) is 11.7 Å². The number of nitrogens with one attached hydrogen (secondary N) is 1. The molecule has 2 rings (SSSR count). The highest BCUT2D eigenvalue weighted by molar-refractivity contribution is 5.81. The molecule has 0 radical (unpaired) electrons. The third kappa shape index (κ3) is 1.61. The van der Waals surface area contributed by atoms with Crippen LogP contribution in [0, 0.1) is 5.92 Å². The van der Waals surface area contributed by atoms with Crippen molar-refractivity contribution in [3.05, 3.63) is 0 Å². The van der Waals surface area contributed by atoms with Crippen LogP contribution in [0.2, 0.25) is 0 Å². The monoisotopic (exact) mass is 204 g/mol. The molecular formula is C9H14F2N2O. The van der Waals surface area contributed by atoms with E-state index in [-0.39, 0.29) is 17.9 Å². The van der Waals surface area contributed by atoms with Crippen LogP contribution in [0.25, 0.3) is 0 Å². The van der Waals surface area contributed by atoms with Gasteiger partial charge in [-0.1, -0.05) is 0 Å². The van der Waals surface area contributed by atoms with Crippen molar-refractivity contribution in [1.82, 2.24) is 5.32 Å². The normalized spacial score (nSPS) is 33.7. The maximum atomic E-state index is 12.5. The van der Waals surface area contributed by atoms with Crippen molar-refractivity contribution in [2.75, 3.05) is 0 Å². The van der Waals surface area contributed by atoms with Crippen LogP contribution in [0.3, 0.4) is 0 Å². The van der Waals surface area contributed by atoms with E-state index in [0.717, 1.165) is 0 Å². The Morgan fingerprint density at radius 2 is 2.00 bits per heavy atom. The molecule has 0 atom stereocenters. The molecule has 3 N–H and O–H groups in total. The molecule has 0 bridgehead atoms. The summed E-state index contributed by atoms with van der Waals surface area (Å²) in [6, 6.07) is 0.0763. The second-order valence-corrected chi connectivity index (χ2v) is 4.37. The van der Waals surface area contributed by atoms with Crippen LogP contribution in [-0.4, -0.2) is 23.9 Å². The Hall–Kier alpha value is -0.710. The van der Waals surface area contributed by atoms with Crippen molar-refractivity contribution < 1.29 is 13.6 Å². The minimum atomic E-state index is -2.44. The van der Waals surface area contributed by atoms with Crippen LogP contribution in [0.4, 0.5) is 8.78 Å². The first-order valence-electron chi connectivity index (χ1n) is 4.89.